The Morgan fingerprint density at radius 3 is 2.44 bits per heavy atom. The maximum absolute atomic E-state index is 12.8. The average Bonchev–Trinajstić information content (AvgIpc) is 2.90. The highest BCUT2D eigenvalue weighted by molar-refractivity contribution is 5.97. The maximum Gasteiger partial charge on any atom is 0.410 e. The molecule has 0 bridgehead atoms. The fourth-order valence-electron chi connectivity index (χ4n) is 3.96. The molecule has 0 saturated carbocycles. The van der Waals surface area contributed by atoms with Crippen molar-refractivity contribution >= 4 is 11.9 Å². The molecule has 2 heterocycles. The Bertz CT molecular complexity index is 677. The first-order valence-electron chi connectivity index (χ1n) is 9.18. The molecule has 1 saturated heterocycles. The van der Waals surface area contributed by atoms with Crippen molar-refractivity contribution in [2.75, 3.05) is 13.1 Å². The maximum atomic E-state index is 12.8. The van der Waals surface area contributed by atoms with Crippen LogP contribution in [-0.2, 0) is 11.2 Å². The minimum absolute atomic E-state index is 0.0343. The van der Waals surface area contributed by atoms with Crippen LogP contribution in [-0.4, -0.2) is 45.2 Å². The number of fused-ring (bicyclic) bond motifs is 1. The molecule has 6 heteroatoms. The van der Waals surface area contributed by atoms with Gasteiger partial charge in [-0.05, 0) is 59.3 Å². The molecule has 0 radical (unpaired) electrons. The van der Waals surface area contributed by atoms with Crippen LogP contribution in [0.2, 0.25) is 0 Å². The summed E-state index contributed by atoms with van der Waals surface area (Å²) in [6.07, 6.45) is 4.71. The van der Waals surface area contributed by atoms with Gasteiger partial charge in [0.15, 0.2) is 5.78 Å². The molecule has 1 aromatic rings. The van der Waals surface area contributed by atoms with Crippen LogP contribution in [0.15, 0.2) is 6.20 Å². The molecule has 1 fully saturated rings. The number of aromatic nitrogens is 2. The lowest BCUT2D eigenvalue weighted by Gasteiger charge is -2.43. The average molecular weight is 347 g/mol. The van der Waals surface area contributed by atoms with Crippen molar-refractivity contribution in [3.63, 3.8) is 0 Å². The van der Waals surface area contributed by atoms with Crippen LogP contribution in [0.5, 0.6) is 0 Å². The predicted molar refractivity (Wildman–Crippen MR) is 94.7 cm³/mol. The number of ether oxygens (including phenoxy) is 1. The Morgan fingerprint density at radius 2 is 1.88 bits per heavy atom. The number of rotatable bonds is 1. The van der Waals surface area contributed by atoms with Crippen molar-refractivity contribution in [3.05, 3.63) is 17.5 Å². The van der Waals surface area contributed by atoms with Gasteiger partial charge in [0.2, 0.25) is 0 Å². The first-order valence-corrected chi connectivity index (χ1v) is 9.18. The molecule has 2 aliphatic rings. The second-order valence-electron chi connectivity index (χ2n) is 8.80. The lowest BCUT2D eigenvalue weighted by Crippen LogP contribution is -2.47. The van der Waals surface area contributed by atoms with Crippen LogP contribution in [0, 0.1) is 5.41 Å². The number of amides is 1. The van der Waals surface area contributed by atoms with E-state index in [0.29, 0.717) is 19.5 Å². The van der Waals surface area contributed by atoms with Gasteiger partial charge >= 0.3 is 6.09 Å². The van der Waals surface area contributed by atoms with E-state index >= 15 is 0 Å². The van der Waals surface area contributed by atoms with Crippen LogP contribution in [0.3, 0.4) is 0 Å². The van der Waals surface area contributed by atoms with Crippen LogP contribution in [0.4, 0.5) is 4.79 Å². The number of carbonyl (C=O) groups excluding carboxylic acids is 2. The van der Waals surface area contributed by atoms with Gasteiger partial charge in [0.25, 0.3) is 0 Å². The molecule has 1 spiro atoms. The van der Waals surface area contributed by atoms with E-state index in [1.165, 1.54) is 0 Å². The highest BCUT2D eigenvalue weighted by Crippen LogP contribution is 2.44. The number of hydrogen-bond donors (Lipinski definition) is 0. The number of ketones is 1. The van der Waals surface area contributed by atoms with Crippen LogP contribution >= 0.6 is 0 Å². The molecule has 0 unspecified atom stereocenters. The normalized spacial score (nSPS) is 20.1. The van der Waals surface area contributed by atoms with Crippen LogP contribution in [0.25, 0.3) is 0 Å². The van der Waals surface area contributed by atoms with Crippen molar-refractivity contribution in [3.8, 4) is 0 Å². The standard InChI is InChI=1S/C19H29N3O3/c1-13(2)22-16-14(12-20-22)10-19(11-15(16)23)6-8-21(9-7-19)17(24)25-18(3,4)5/h12-13H,6-11H2,1-5H3. The summed E-state index contributed by atoms with van der Waals surface area (Å²) in [7, 11) is 0. The monoisotopic (exact) mass is 347 g/mol. The molecule has 1 amide bonds. The number of carbonyl (C=O) groups is 2. The Labute approximate surface area is 149 Å². The SMILES string of the molecule is CC(C)n1ncc2c1C(=O)CC1(CCN(C(=O)OC(C)(C)C)CC1)C2. The summed E-state index contributed by atoms with van der Waals surface area (Å²) in [5, 5.41) is 4.42. The zero-order chi connectivity index (χ0) is 18.4. The topological polar surface area (TPSA) is 64.4 Å². The van der Waals surface area contributed by atoms with E-state index < -0.39 is 5.60 Å². The second-order valence-corrected chi connectivity index (χ2v) is 8.80. The Balaban J connectivity index is 1.70. The molecule has 0 aromatic carbocycles. The molecule has 1 aliphatic carbocycles. The van der Waals surface area contributed by atoms with Crippen molar-refractivity contribution in [1.29, 1.82) is 0 Å². The van der Waals surface area contributed by atoms with Crippen LogP contribution < -0.4 is 0 Å². The Kier molecular flexibility index (Phi) is 4.41. The highest BCUT2D eigenvalue weighted by Gasteiger charge is 2.43. The minimum Gasteiger partial charge on any atom is -0.444 e. The van der Waals surface area contributed by atoms with Gasteiger partial charge in [-0.15, -0.1) is 0 Å². The van der Waals surface area contributed by atoms with Gasteiger partial charge < -0.3 is 9.64 Å². The molecule has 0 N–H and O–H groups in total. The summed E-state index contributed by atoms with van der Waals surface area (Å²) >= 11 is 0. The summed E-state index contributed by atoms with van der Waals surface area (Å²) < 4.78 is 7.31. The number of Topliss-reactive ketones (excluding diaryl/α,β-unsaturated/α-hetero) is 1. The van der Waals surface area contributed by atoms with E-state index in [2.05, 4.69) is 5.10 Å². The smallest absolute Gasteiger partial charge is 0.410 e. The van der Waals surface area contributed by atoms with E-state index in [-0.39, 0.29) is 23.3 Å². The number of nitrogens with zero attached hydrogens (tertiary/aromatic N) is 3. The molecule has 1 aromatic heterocycles. The quantitative estimate of drug-likeness (QED) is 0.778. The highest BCUT2D eigenvalue weighted by atomic mass is 16.6. The van der Waals surface area contributed by atoms with E-state index in [4.69, 9.17) is 4.74 Å². The summed E-state index contributed by atoms with van der Waals surface area (Å²) in [5.41, 5.74) is 1.34. The molecular formula is C19H29N3O3. The van der Waals surface area contributed by atoms with Gasteiger partial charge in [-0.2, -0.15) is 5.10 Å². The molecule has 1 aliphatic heterocycles. The third-order valence-corrected chi connectivity index (χ3v) is 5.20. The largest absolute Gasteiger partial charge is 0.444 e. The third kappa shape index (κ3) is 3.58. The number of piperidine rings is 1. The Morgan fingerprint density at radius 1 is 1.24 bits per heavy atom. The molecule has 138 valence electrons. The predicted octanol–water partition coefficient (Wildman–Crippen LogP) is 3.61. The number of likely N-dealkylation sites (tertiary alicyclic amines) is 1. The van der Waals surface area contributed by atoms with Gasteiger partial charge in [-0.25, -0.2) is 4.79 Å². The van der Waals surface area contributed by atoms with Gasteiger partial charge in [-0.3, -0.25) is 9.48 Å². The number of hydrogen-bond acceptors (Lipinski definition) is 4. The van der Waals surface area contributed by atoms with Crippen molar-refractivity contribution < 1.29 is 14.3 Å². The summed E-state index contributed by atoms with van der Waals surface area (Å²) in [5.74, 6) is 0.193. The molecular weight excluding hydrogens is 318 g/mol. The van der Waals surface area contributed by atoms with Crippen molar-refractivity contribution in [2.45, 2.75) is 71.9 Å². The third-order valence-electron chi connectivity index (χ3n) is 5.20. The molecule has 25 heavy (non-hydrogen) atoms. The van der Waals surface area contributed by atoms with E-state index in [1.54, 1.807) is 4.90 Å². The lowest BCUT2D eigenvalue weighted by atomic mass is 9.67. The Hall–Kier alpha value is -1.85. The lowest BCUT2D eigenvalue weighted by molar-refractivity contribution is 0.00879. The molecule has 0 atom stereocenters. The summed E-state index contributed by atoms with van der Waals surface area (Å²) in [6.45, 7) is 11.0. The zero-order valence-corrected chi connectivity index (χ0v) is 16.0. The van der Waals surface area contributed by atoms with Crippen LogP contribution in [0.1, 0.15) is 76.0 Å². The van der Waals surface area contributed by atoms with Crippen molar-refractivity contribution in [1.82, 2.24) is 14.7 Å². The first-order chi connectivity index (χ1) is 11.6. The summed E-state index contributed by atoms with van der Waals surface area (Å²) in [4.78, 5) is 26.8. The fraction of sp³-hybridized carbons (Fsp3) is 0.737. The van der Waals surface area contributed by atoms with E-state index in [0.717, 1.165) is 30.5 Å². The first kappa shape index (κ1) is 18.0. The minimum atomic E-state index is -0.479. The van der Waals surface area contributed by atoms with Gasteiger partial charge in [0.1, 0.15) is 11.3 Å². The van der Waals surface area contributed by atoms with Gasteiger partial charge in [0, 0.05) is 31.1 Å². The fourth-order valence-corrected chi connectivity index (χ4v) is 3.96. The summed E-state index contributed by atoms with van der Waals surface area (Å²) in [6, 6.07) is 0.191. The van der Waals surface area contributed by atoms with E-state index in [1.807, 2.05) is 45.5 Å². The van der Waals surface area contributed by atoms with E-state index in [9.17, 15) is 9.59 Å². The van der Waals surface area contributed by atoms with Gasteiger partial charge in [0.05, 0.1) is 6.20 Å². The molecule has 6 nitrogen and oxygen atoms in total. The van der Waals surface area contributed by atoms with Crippen molar-refractivity contribution in [2.24, 2.45) is 5.41 Å². The molecule has 3 rings (SSSR count). The zero-order valence-electron chi connectivity index (χ0n) is 16.0. The second kappa shape index (κ2) is 6.15. The van der Waals surface area contributed by atoms with Gasteiger partial charge in [-0.1, -0.05) is 0 Å².